The predicted molar refractivity (Wildman–Crippen MR) is 99.0 cm³/mol. The summed E-state index contributed by atoms with van der Waals surface area (Å²) in [7, 11) is 0. The molecule has 148 valence electrons. The highest BCUT2D eigenvalue weighted by Crippen LogP contribution is 2.38. The maximum Gasteiger partial charge on any atom is 0.245 e. The summed E-state index contributed by atoms with van der Waals surface area (Å²) in [6, 6.07) is 1.81. The first-order valence-corrected chi connectivity index (χ1v) is 9.50. The van der Waals surface area contributed by atoms with Gasteiger partial charge in [0.1, 0.15) is 30.3 Å². The Kier molecular flexibility index (Phi) is 5.92. The summed E-state index contributed by atoms with van der Waals surface area (Å²) in [4.78, 5) is 11.2. The van der Waals surface area contributed by atoms with Gasteiger partial charge in [0.25, 0.3) is 0 Å². The molecule has 1 saturated carbocycles. The van der Waals surface area contributed by atoms with Crippen molar-refractivity contribution >= 4 is 5.82 Å². The molecule has 0 saturated heterocycles. The lowest BCUT2D eigenvalue weighted by atomic mass is 10.1. The number of nitrogens with one attached hydrogen (secondary N) is 1. The maximum atomic E-state index is 13.3. The van der Waals surface area contributed by atoms with Gasteiger partial charge < -0.3 is 9.64 Å². The van der Waals surface area contributed by atoms with Crippen LogP contribution in [0.25, 0.3) is 0 Å². The number of anilines is 1. The summed E-state index contributed by atoms with van der Waals surface area (Å²) in [5, 5.41) is 6.91. The van der Waals surface area contributed by atoms with E-state index >= 15 is 0 Å². The third kappa shape index (κ3) is 5.61. The van der Waals surface area contributed by atoms with Gasteiger partial charge in [-0.2, -0.15) is 5.10 Å². The molecule has 2 aliphatic rings. The molecule has 6 nitrogen and oxygen atoms in total. The van der Waals surface area contributed by atoms with Crippen molar-refractivity contribution in [2.45, 2.75) is 70.8 Å². The second-order valence-electron chi connectivity index (χ2n) is 7.33. The van der Waals surface area contributed by atoms with Crippen molar-refractivity contribution in [3.05, 3.63) is 35.9 Å². The van der Waals surface area contributed by atoms with Crippen LogP contribution in [0.4, 0.5) is 14.6 Å². The molecule has 0 bridgehead atoms. The van der Waals surface area contributed by atoms with E-state index < -0.39 is 5.92 Å². The van der Waals surface area contributed by atoms with Gasteiger partial charge in [0.2, 0.25) is 5.92 Å². The highest BCUT2D eigenvalue weighted by molar-refractivity contribution is 5.46. The van der Waals surface area contributed by atoms with Gasteiger partial charge in [-0.15, -0.1) is 0 Å². The van der Waals surface area contributed by atoms with Crippen LogP contribution in [0, 0.1) is 0 Å². The predicted octanol–water partition coefficient (Wildman–Crippen LogP) is 4.27. The van der Waals surface area contributed by atoms with Crippen LogP contribution in [0.2, 0.25) is 0 Å². The Balaban J connectivity index is 2.01. The van der Waals surface area contributed by atoms with E-state index in [0.29, 0.717) is 24.0 Å². The van der Waals surface area contributed by atoms with Crippen molar-refractivity contribution in [2.75, 3.05) is 11.4 Å². The van der Waals surface area contributed by atoms with Crippen LogP contribution in [-0.4, -0.2) is 38.7 Å². The molecule has 0 spiro atoms. The van der Waals surface area contributed by atoms with Crippen molar-refractivity contribution in [1.82, 2.24) is 20.2 Å². The van der Waals surface area contributed by atoms with E-state index in [1.165, 1.54) is 6.33 Å². The van der Waals surface area contributed by atoms with E-state index in [4.69, 9.17) is 9.72 Å². The number of nitrogens with zero attached hydrogens (tertiary/aromatic N) is 4. The minimum absolute atomic E-state index is 0.117. The molecule has 1 unspecified atom stereocenters. The topological polar surface area (TPSA) is 66.9 Å². The van der Waals surface area contributed by atoms with Crippen molar-refractivity contribution < 1.29 is 13.5 Å². The number of hydrogen-bond acceptors (Lipinski definition) is 5. The first kappa shape index (κ1) is 19.5. The zero-order valence-electron chi connectivity index (χ0n) is 16.1. The highest BCUT2D eigenvalue weighted by atomic mass is 19.3. The number of hydrogen-bond donors (Lipinski definition) is 1. The number of H-pyrrole nitrogens is 1. The number of aromatic amines is 1. The molecule has 1 aromatic rings. The number of halogens is 2. The van der Waals surface area contributed by atoms with Crippen LogP contribution < -0.4 is 4.90 Å². The summed E-state index contributed by atoms with van der Waals surface area (Å²) in [5.74, 6) is -0.980. The van der Waals surface area contributed by atoms with Gasteiger partial charge in [-0.05, 0) is 40.0 Å². The molecule has 27 heavy (non-hydrogen) atoms. The smallest absolute Gasteiger partial charge is 0.245 e. The molecular formula is C19H27F2N5O. The third-order valence-electron chi connectivity index (χ3n) is 4.64. The Labute approximate surface area is 158 Å². The van der Waals surface area contributed by atoms with Gasteiger partial charge in [-0.25, -0.2) is 18.7 Å². The SMILES string of the molecule is CCN(C1=COC(C)C1)c1cc(CCC(C)(F)F)[nH]ncnc(C2CC2)n1. The molecule has 8 heteroatoms. The largest absolute Gasteiger partial charge is 0.496 e. The van der Waals surface area contributed by atoms with Crippen LogP contribution in [0.5, 0.6) is 0 Å². The van der Waals surface area contributed by atoms with Crippen molar-refractivity contribution in [2.24, 2.45) is 0 Å². The van der Waals surface area contributed by atoms with E-state index in [1.807, 2.05) is 13.8 Å². The number of aromatic nitrogens is 4. The highest BCUT2D eigenvalue weighted by Gasteiger charge is 2.28. The molecule has 1 aromatic heterocycles. The van der Waals surface area contributed by atoms with Crippen molar-refractivity contribution in [1.29, 1.82) is 0 Å². The molecule has 0 aromatic carbocycles. The fourth-order valence-electron chi connectivity index (χ4n) is 3.00. The molecule has 1 aliphatic carbocycles. The summed E-state index contributed by atoms with van der Waals surface area (Å²) in [6.07, 6.45) is 6.09. The second-order valence-corrected chi connectivity index (χ2v) is 7.33. The molecule has 0 amide bonds. The first-order valence-electron chi connectivity index (χ1n) is 9.50. The fourth-order valence-corrected chi connectivity index (χ4v) is 3.00. The lowest BCUT2D eigenvalue weighted by Gasteiger charge is -2.22. The molecule has 0 radical (unpaired) electrons. The zero-order chi connectivity index (χ0) is 19.4. The lowest BCUT2D eigenvalue weighted by molar-refractivity contribution is 0.0130. The maximum absolute atomic E-state index is 13.3. The molecule has 1 fully saturated rings. The van der Waals surface area contributed by atoms with Crippen molar-refractivity contribution in [3.8, 4) is 0 Å². The van der Waals surface area contributed by atoms with Gasteiger partial charge >= 0.3 is 0 Å². The van der Waals surface area contributed by atoms with E-state index in [2.05, 4.69) is 20.1 Å². The van der Waals surface area contributed by atoms with Crippen LogP contribution in [0.1, 0.15) is 63.9 Å². The number of ether oxygens (including phenoxy) is 1. The molecule has 1 atom stereocenters. The fraction of sp³-hybridized carbons (Fsp3) is 0.632. The number of aryl methyl sites for hydroxylation is 1. The monoisotopic (exact) mass is 379 g/mol. The minimum Gasteiger partial charge on any atom is -0.496 e. The van der Waals surface area contributed by atoms with Crippen LogP contribution in [0.3, 0.4) is 0 Å². The number of rotatable bonds is 7. The molecule has 3 rings (SSSR count). The molecule has 1 N–H and O–H groups in total. The van der Waals surface area contributed by atoms with Gasteiger partial charge in [0, 0.05) is 37.1 Å². The van der Waals surface area contributed by atoms with Gasteiger partial charge in [-0.1, -0.05) is 0 Å². The average Bonchev–Trinajstić information content (AvgIpc) is 3.34. The Morgan fingerprint density at radius 2 is 2.15 bits per heavy atom. The van der Waals surface area contributed by atoms with Gasteiger partial charge in [-0.3, -0.25) is 5.10 Å². The molecule has 2 heterocycles. The summed E-state index contributed by atoms with van der Waals surface area (Å²) >= 11 is 0. The third-order valence-corrected chi connectivity index (χ3v) is 4.64. The summed E-state index contributed by atoms with van der Waals surface area (Å²) < 4.78 is 32.3. The normalized spacial score (nSPS) is 19.3. The molecular weight excluding hydrogens is 352 g/mol. The van der Waals surface area contributed by atoms with Crippen LogP contribution >= 0.6 is 0 Å². The minimum atomic E-state index is -2.74. The Hall–Kier alpha value is -2.25. The lowest BCUT2D eigenvalue weighted by Crippen LogP contribution is -2.23. The Bertz CT molecular complexity index is 738. The quantitative estimate of drug-likeness (QED) is 0.766. The van der Waals surface area contributed by atoms with E-state index in [1.54, 1.807) is 12.3 Å². The number of alkyl halides is 2. The van der Waals surface area contributed by atoms with Crippen molar-refractivity contribution in [3.63, 3.8) is 0 Å². The van der Waals surface area contributed by atoms with Gasteiger partial charge in [0.15, 0.2) is 0 Å². The van der Waals surface area contributed by atoms with Crippen LogP contribution in [0.15, 0.2) is 24.4 Å². The Morgan fingerprint density at radius 1 is 1.37 bits per heavy atom. The van der Waals surface area contributed by atoms with Crippen LogP contribution in [-0.2, 0) is 11.2 Å². The zero-order valence-corrected chi connectivity index (χ0v) is 16.1. The molecule has 1 aliphatic heterocycles. The summed E-state index contributed by atoms with van der Waals surface area (Å²) in [5.41, 5.74) is 1.61. The van der Waals surface area contributed by atoms with E-state index in [0.717, 1.165) is 37.7 Å². The van der Waals surface area contributed by atoms with Gasteiger partial charge in [0.05, 0.1) is 5.70 Å². The van der Waals surface area contributed by atoms with E-state index in [-0.39, 0.29) is 18.9 Å². The average molecular weight is 379 g/mol. The van der Waals surface area contributed by atoms with E-state index in [9.17, 15) is 8.78 Å². The standard InChI is InChI=1S/C19H27F2N5O/c1-4-26(16-9-13(2)27-11-16)17-10-15(7-8-19(3,20)21)25-23-12-22-18(24-17)14-5-6-14/h10-14,25H,4-9H2,1-3H3. The Morgan fingerprint density at radius 3 is 2.74 bits per heavy atom. The second kappa shape index (κ2) is 8.19. The first-order chi connectivity index (χ1) is 12.9. The summed E-state index contributed by atoms with van der Waals surface area (Å²) in [6.45, 7) is 5.66.